The molecule has 5 rings (SSSR count). The molecule has 2 heterocycles. The Balaban J connectivity index is 1.66. The summed E-state index contributed by atoms with van der Waals surface area (Å²) in [6, 6.07) is 20.9. The van der Waals surface area contributed by atoms with Crippen molar-refractivity contribution in [3.63, 3.8) is 0 Å². The van der Waals surface area contributed by atoms with Crippen molar-refractivity contribution in [3.05, 3.63) is 93.8 Å². The number of carbonyl (C=O) groups excluding carboxylic acids is 1. The van der Waals surface area contributed by atoms with Gasteiger partial charge in [-0.25, -0.2) is 4.68 Å². The highest BCUT2D eigenvalue weighted by Gasteiger charge is 2.30. The Labute approximate surface area is 186 Å². The number of nitrogens with zero attached hydrogens (tertiary/aromatic N) is 3. The first-order valence-electron chi connectivity index (χ1n) is 10.9. The second kappa shape index (κ2) is 7.75. The first-order chi connectivity index (χ1) is 15.5. The summed E-state index contributed by atoms with van der Waals surface area (Å²) in [5.74, 6) is -0.119. The zero-order valence-corrected chi connectivity index (χ0v) is 18.5. The molecule has 0 saturated carbocycles. The third-order valence-corrected chi connectivity index (χ3v) is 6.35. The average molecular weight is 424 g/mol. The van der Waals surface area contributed by atoms with Crippen LogP contribution < -0.4 is 10.5 Å². The van der Waals surface area contributed by atoms with Crippen LogP contribution in [-0.2, 0) is 11.2 Å². The number of anilines is 1. The van der Waals surface area contributed by atoms with Gasteiger partial charge in [-0.1, -0.05) is 54.1 Å². The van der Waals surface area contributed by atoms with Gasteiger partial charge in [0, 0.05) is 23.2 Å². The number of hydrogen-bond acceptors (Lipinski definition) is 3. The molecule has 0 saturated heterocycles. The lowest BCUT2D eigenvalue weighted by Crippen LogP contribution is -2.39. The Bertz CT molecular complexity index is 1420. The monoisotopic (exact) mass is 423 g/mol. The van der Waals surface area contributed by atoms with E-state index >= 15 is 0 Å². The molecule has 0 aliphatic carbocycles. The Morgan fingerprint density at radius 2 is 1.69 bits per heavy atom. The lowest BCUT2D eigenvalue weighted by molar-refractivity contribution is -0.121. The molecule has 4 aromatic rings. The summed E-state index contributed by atoms with van der Waals surface area (Å²) in [5.41, 5.74) is 5.72. The molecule has 5 heteroatoms. The van der Waals surface area contributed by atoms with Crippen molar-refractivity contribution in [3.8, 4) is 11.3 Å². The van der Waals surface area contributed by atoms with E-state index in [4.69, 9.17) is 5.10 Å². The summed E-state index contributed by atoms with van der Waals surface area (Å²) in [7, 11) is 0. The van der Waals surface area contributed by atoms with Crippen molar-refractivity contribution >= 4 is 22.4 Å². The summed E-state index contributed by atoms with van der Waals surface area (Å²) >= 11 is 0. The molecular weight excluding hydrogens is 398 g/mol. The van der Waals surface area contributed by atoms with Gasteiger partial charge in [-0.2, -0.15) is 5.10 Å². The van der Waals surface area contributed by atoms with Crippen LogP contribution in [0.3, 0.4) is 0 Å². The number of amides is 1. The predicted molar refractivity (Wildman–Crippen MR) is 128 cm³/mol. The number of rotatable bonds is 3. The van der Waals surface area contributed by atoms with Crippen LogP contribution in [0.15, 0.2) is 71.5 Å². The van der Waals surface area contributed by atoms with E-state index in [0.29, 0.717) is 11.9 Å². The second-order valence-corrected chi connectivity index (χ2v) is 8.51. The SMILES string of the molecule is Cc1ccc(C)c(-c2nn([C@@H](C)C(=O)N3CCc4ccccc43)c(=O)c3ccccc23)c1. The molecule has 5 nitrogen and oxygen atoms in total. The van der Waals surface area contributed by atoms with Gasteiger partial charge >= 0.3 is 0 Å². The molecule has 160 valence electrons. The van der Waals surface area contributed by atoms with Crippen molar-refractivity contribution in [2.24, 2.45) is 0 Å². The third-order valence-electron chi connectivity index (χ3n) is 6.35. The summed E-state index contributed by atoms with van der Waals surface area (Å²) in [5, 5.41) is 6.15. The van der Waals surface area contributed by atoms with Crippen LogP contribution in [0.1, 0.15) is 29.7 Å². The van der Waals surface area contributed by atoms with Gasteiger partial charge in [0.15, 0.2) is 0 Å². The molecule has 32 heavy (non-hydrogen) atoms. The highest BCUT2D eigenvalue weighted by molar-refractivity contribution is 5.98. The standard InChI is InChI=1S/C27H25N3O2/c1-17-12-13-18(2)23(16-17)25-21-9-5-6-10-22(21)27(32)30(28-25)19(3)26(31)29-15-14-20-8-4-7-11-24(20)29/h4-13,16,19H,14-15H2,1-3H3/t19-/m0/s1. The molecule has 1 aliphatic rings. The Hall–Kier alpha value is -3.73. The van der Waals surface area contributed by atoms with Crippen LogP contribution >= 0.6 is 0 Å². The average Bonchev–Trinajstić information content (AvgIpc) is 3.24. The van der Waals surface area contributed by atoms with Gasteiger partial charge in [0.1, 0.15) is 6.04 Å². The van der Waals surface area contributed by atoms with Gasteiger partial charge in [-0.05, 0) is 56.5 Å². The minimum atomic E-state index is -0.720. The maximum absolute atomic E-state index is 13.5. The predicted octanol–water partition coefficient (Wildman–Crippen LogP) is 4.83. The zero-order valence-electron chi connectivity index (χ0n) is 18.5. The molecular formula is C27H25N3O2. The van der Waals surface area contributed by atoms with Crippen molar-refractivity contribution < 1.29 is 4.79 Å². The fraction of sp³-hybridized carbons (Fsp3) is 0.222. The van der Waals surface area contributed by atoms with Crippen LogP contribution in [-0.4, -0.2) is 22.2 Å². The van der Waals surface area contributed by atoms with E-state index in [0.717, 1.165) is 45.4 Å². The second-order valence-electron chi connectivity index (χ2n) is 8.51. The van der Waals surface area contributed by atoms with Gasteiger partial charge in [-0.3, -0.25) is 9.59 Å². The van der Waals surface area contributed by atoms with Crippen molar-refractivity contribution in [1.29, 1.82) is 0 Å². The lowest BCUT2D eigenvalue weighted by Gasteiger charge is -2.23. The molecule has 0 radical (unpaired) electrons. The van der Waals surface area contributed by atoms with E-state index in [1.807, 2.05) is 62.4 Å². The molecule has 0 unspecified atom stereocenters. The van der Waals surface area contributed by atoms with Crippen LogP contribution in [0.5, 0.6) is 0 Å². The smallest absolute Gasteiger partial charge is 0.275 e. The fourth-order valence-corrected chi connectivity index (χ4v) is 4.56. The number of benzene rings is 3. The molecule has 0 bridgehead atoms. The largest absolute Gasteiger partial charge is 0.310 e. The van der Waals surface area contributed by atoms with Crippen molar-refractivity contribution in [1.82, 2.24) is 9.78 Å². The molecule has 3 aromatic carbocycles. The number of aryl methyl sites for hydroxylation is 2. The maximum Gasteiger partial charge on any atom is 0.275 e. The molecule has 1 aliphatic heterocycles. The highest BCUT2D eigenvalue weighted by Crippen LogP contribution is 2.31. The van der Waals surface area contributed by atoms with Crippen molar-refractivity contribution in [2.75, 3.05) is 11.4 Å². The third kappa shape index (κ3) is 3.21. The van der Waals surface area contributed by atoms with E-state index in [-0.39, 0.29) is 11.5 Å². The van der Waals surface area contributed by atoms with E-state index in [2.05, 4.69) is 18.2 Å². The molecule has 0 fully saturated rings. The van der Waals surface area contributed by atoms with Gasteiger partial charge in [-0.15, -0.1) is 0 Å². The van der Waals surface area contributed by atoms with Crippen LogP contribution in [0.25, 0.3) is 22.0 Å². The van der Waals surface area contributed by atoms with E-state index < -0.39 is 6.04 Å². The number of carbonyl (C=O) groups is 1. The summed E-state index contributed by atoms with van der Waals surface area (Å²) < 4.78 is 1.36. The first kappa shape index (κ1) is 20.2. The highest BCUT2D eigenvalue weighted by atomic mass is 16.2. The first-order valence-corrected chi connectivity index (χ1v) is 10.9. The van der Waals surface area contributed by atoms with Gasteiger partial charge in [0.25, 0.3) is 11.5 Å². The van der Waals surface area contributed by atoms with Crippen molar-refractivity contribution in [2.45, 2.75) is 33.2 Å². The Morgan fingerprint density at radius 3 is 2.50 bits per heavy atom. The fourth-order valence-electron chi connectivity index (χ4n) is 4.56. The number of fused-ring (bicyclic) bond motifs is 2. The van der Waals surface area contributed by atoms with E-state index in [9.17, 15) is 9.59 Å². The summed E-state index contributed by atoms with van der Waals surface area (Å²) in [6.07, 6.45) is 0.822. The number of para-hydroxylation sites is 1. The van der Waals surface area contributed by atoms with Gasteiger partial charge < -0.3 is 4.90 Å². The number of hydrogen-bond donors (Lipinski definition) is 0. The minimum absolute atomic E-state index is 0.119. The molecule has 1 amide bonds. The Morgan fingerprint density at radius 1 is 0.969 bits per heavy atom. The minimum Gasteiger partial charge on any atom is -0.310 e. The van der Waals surface area contributed by atoms with E-state index in [1.54, 1.807) is 11.8 Å². The lowest BCUT2D eigenvalue weighted by atomic mass is 9.99. The molecule has 0 spiro atoms. The topological polar surface area (TPSA) is 55.2 Å². The number of aromatic nitrogens is 2. The normalized spacial score (nSPS) is 13.9. The molecule has 1 atom stereocenters. The van der Waals surface area contributed by atoms with Gasteiger partial charge in [0.2, 0.25) is 0 Å². The Kier molecular flexibility index (Phi) is 4.89. The molecule has 1 aromatic heterocycles. The van der Waals surface area contributed by atoms with Crippen LogP contribution in [0, 0.1) is 13.8 Å². The van der Waals surface area contributed by atoms with Crippen LogP contribution in [0.4, 0.5) is 5.69 Å². The zero-order chi connectivity index (χ0) is 22.4. The van der Waals surface area contributed by atoms with E-state index in [1.165, 1.54) is 4.68 Å². The summed E-state index contributed by atoms with van der Waals surface area (Å²) in [6.45, 7) is 6.46. The quantitative estimate of drug-likeness (QED) is 0.474. The van der Waals surface area contributed by atoms with Crippen LogP contribution in [0.2, 0.25) is 0 Å². The maximum atomic E-state index is 13.5. The molecule has 0 N–H and O–H groups in total. The summed E-state index contributed by atoms with van der Waals surface area (Å²) in [4.78, 5) is 28.7. The van der Waals surface area contributed by atoms with Gasteiger partial charge in [0.05, 0.1) is 11.1 Å².